The highest BCUT2D eigenvalue weighted by molar-refractivity contribution is 5.79. The molecule has 0 aliphatic rings. The molecule has 0 amide bonds. The highest BCUT2D eigenvalue weighted by Crippen LogP contribution is 2.14. The molecule has 0 saturated carbocycles. The van der Waals surface area contributed by atoms with Crippen LogP contribution in [0.1, 0.15) is 65.2 Å². The summed E-state index contributed by atoms with van der Waals surface area (Å²) in [5, 5.41) is 8.53. The second-order valence-electron chi connectivity index (χ2n) is 5.87. The van der Waals surface area contributed by atoms with Gasteiger partial charge in [-0.1, -0.05) is 32.1 Å². The maximum Gasteiger partial charge on any atom is 0.334 e. The Morgan fingerprint density at radius 1 is 1.00 bits per heavy atom. The van der Waals surface area contributed by atoms with Crippen molar-refractivity contribution in [2.45, 2.75) is 71.3 Å². The van der Waals surface area contributed by atoms with Crippen LogP contribution in [0.4, 0.5) is 0 Å². The molecule has 6 heteroatoms. The summed E-state index contributed by atoms with van der Waals surface area (Å²) in [7, 11) is 1.44. The highest BCUT2D eigenvalue weighted by atomic mass is 16.6. The molecule has 0 aromatic heterocycles. The van der Waals surface area contributed by atoms with E-state index in [0.29, 0.717) is 6.42 Å². The molecule has 23 heavy (non-hydrogen) atoms. The number of ether oxygens (including phenoxy) is 2. The zero-order chi connectivity index (χ0) is 17.7. The molecule has 0 bridgehead atoms. The van der Waals surface area contributed by atoms with Gasteiger partial charge in [0.15, 0.2) is 6.10 Å². The molecule has 0 aliphatic heterocycles. The van der Waals surface area contributed by atoms with Crippen molar-refractivity contribution in [1.29, 1.82) is 0 Å². The van der Waals surface area contributed by atoms with Gasteiger partial charge in [-0.3, -0.25) is 9.59 Å². The molecular formula is C17H30O6. The van der Waals surface area contributed by atoms with E-state index in [0.717, 1.165) is 38.5 Å². The number of hydrogen-bond donors (Lipinski definition) is 1. The zero-order valence-electron chi connectivity index (χ0n) is 14.5. The van der Waals surface area contributed by atoms with Crippen molar-refractivity contribution < 1.29 is 29.0 Å². The van der Waals surface area contributed by atoms with Crippen LogP contribution in [0.5, 0.6) is 0 Å². The van der Waals surface area contributed by atoms with Gasteiger partial charge < -0.3 is 14.6 Å². The topological polar surface area (TPSA) is 89.9 Å². The number of hydrogen-bond acceptors (Lipinski definition) is 5. The van der Waals surface area contributed by atoms with E-state index in [-0.39, 0.29) is 24.7 Å². The van der Waals surface area contributed by atoms with Crippen LogP contribution in [0.15, 0.2) is 0 Å². The number of rotatable bonds is 14. The van der Waals surface area contributed by atoms with Crippen LogP contribution < -0.4 is 0 Å². The number of carboxylic acid groups (broad SMARTS) is 1. The molecule has 0 rings (SSSR count). The fourth-order valence-electron chi connectivity index (χ4n) is 2.17. The number of methoxy groups -OCH3 is 1. The smallest absolute Gasteiger partial charge is 0.334 e. The van der Waals surface area contributed by atoms with Crippen molar-refractivity contribution in [1.82, 2.24) is 0 Å². The predicted octanol–water partition coefficient (Wildman–Crippen LogP) is 2.98. The number of carboxylic acids is 1. The molecule has 0 spiro atoms. The van der Waals surface area contributed by atoms with Crippen LogP contribution >= 0.6 is 0 Å². The van der Waals surface area contributed by atoms with Gasteiger partial charge in [0, 0.05) is 13.5 Å². The van der Waals surface area contributed by atoms with Crippen LogP contribution in [-0.2, 0) is 23.9 Å². The third kappa shape index (κ3) is 11.8. The summed E-state index contributed by atoms with van der Waals surface area (Å²) in [6.07, 6.45) is 5.92. The van der Waals surface area contributed by atoms with Crippen LogP contribution in [0.2, 0.25) is 0 Å². The summed E-state index contributed by atoms with van der Waals surface area (Å²) in [6, 6.07) is 0. The van der Waals surface area contributed by atoms with E-state index >= 15 is 0 Å². The largest absolute Gasteiger partial charge is 0.481 e. The highest BCUT2D eigenvalue weighted by Gasteiger charge is 2.19. The van der Waals surface area contributed by atoms with E-state index in [2.05, 4.69) is 0 Å². The Morgan fingerprint density at radius 3 is 2.09 bits per heavy atom. The van der Waals surface area contributed by atoms with Gasteiger partial charge in [0.2, 0.25) is 0 Å². The summed E-state index contributed by atoms with van der Waals surface area (Å²) < 4.78 is 9.98. The Labute approximate surface area is 138 Å². The van der Waals surface area contributed by atoms with Crippen molar-refractivity contribution >= 4 is 17.7 Å². The number of ketones is 1. The molecule has 1 N–H and O–H groups in total. The normalized spacial score (nSPS) is 13.3. The van der Waals surface area contributed by atoms with E-state index in [9.17, 15) is 14.4 Å². The number of carbonyl (C=O) groups is 3. The second kappa shape index (κ2) is 13.0. The molecular weight excluding hydrogens is 300 g/mol. The van der Waals surface area contributed by atoms with E-state index in [1.807, 2.05) is 0 Å². The maximum atomic E-state index is 11.6. The molecule has 2 unspecified atom stereocenters. The van der Waals surface area contributed by atoms with Crippen molar-refractivity contribution in [3.05, 3.63) is 0 Å². The lowest BCUT2D eigenvalue weighted by Gasteiger charge is -2.16. The lowest BCUT2D eigenvalue weighted by Crippen LogP contribution is -2.26. The van der Waals surface area contributed by atoms with Gasteiger partial charge in [-0.15, -0.1) is 0 Å². The molecule has 2 atom stereocenters. The quantitative estimate of drug-likeness (QED) is 0.389. The Morgan fingerprint density at radius 2 is 1.57 bits per heavy atom. The summed E-state index contributed by atoms with van der Waals surface area (Å²) in [6.45, 7) is 3.24. The third-order valence-electron chi connectivity index (χ3n) is 3.88. The molecule has 0 heterocycles. The minimum atomic E-state index is -0.744. The zero-order valence-corrected chi connectivity index (χ0v) is 14.5. The Balaban J connectivity index is 3.79. The summed E-state index contributed by atoms with van der Waals surface area (Å²) >= 11 is 0. The molecule has 134 valence electrons. The third-order valence-corrected chi connectivity index (χ3v) is 3.88. The van der Waals surface area contributed by atoms with Gasteiger partial charge >= 0.3 is 11.9 Å². The van der Waals surface area contributed by atoms with E-state index in [4.69, 9.17) is 14.6 Å². The van der Waals surface area contributed by atoms with Gasteiger partial charge in [0.05, 0.1) is 5.92 Å². The average molecular weight is 330 g/mol. The first-order valence-corrected chi connectivity index (χ1v) is 8.30. The van der Waals surface area contributed by atoms with Crippen molar-refractivity contribution in [2.24, 2.45) is 5.92 Å². The SMILES string of the molecule is COC(C)C(=O)OCC(CCCCCCCCC(=O)O)C(C)=O. The lowest BCUT2D eigenvalue weighted by atomic mass is 9.97. The van der Waals surface area contributed by atoms with Crippen molar-refractivity contribution in [3.63, 3.8) is 0 Å². The average Bonchev–Trinajstić information content (AvgIpc) is 2.50. The van der Waals surface area contributed by atoms with Gasteiger partial charge in [-0.25, -0.2) is 4.79 Å². The standard InChI is InChI=1S/C17H30O6/c1-13(18)15(12-23-17(21)14(2)22-3)10-8-6-4-5-7-9-11-16(19)20/h14-15H,4-12H2,1-3H3,(H,19,20). The molecule has 0 aromatic carbocycles. The monoisotopic (exact) mass is 330 g/mol. The Hall–Kier alpha value is -1.43. The molecule has 0 fully saturated rings. The van der Waals surface area contributed by atoms with E-state index < -0.39 is 18.0 Å². The van der Waals surface area contributed by atoms with Gasteiger partial charge in [0.25, 0.3) is 0 Å². The first kappa shape index (κ1) is 21.6. The molecule has 0 aromatic rings. The first-order chi connectivity index (χ1) is 10.9. The first-order valence-electron chi connectivity index (χ1n) is 8.30. The van der Waals surface area contributed by atoms with E-state index in [1.54, 1.807) is 6.92 Å². The minimum absolute atomic E-state index is 0.0318. The fraction of sp³-hybridized carbons (Fsp3) is 0.824. The number of Topliss-reactive ketones (excluding diaryl/α,β-unsaturated/α-hetero) is 1. The lowest BCUT2D eigenvalue weighted by molar-refractivity contribution is -0.156. The summed E-state index contributed by atoms with van der Waals surface area (Å²) in [4.78, 5) is 33.5. The molecule has 6 nitrogen and oxygen atoms in total. The maximum absolute atomic E-state index is 11.6. The van der Waals surface area contributed by atoms with Gasteiger partial charge in [-0.05, 0) is 26.7 Å². The predicted molar refractivity (Wildman–Crippen MR) is 86.2 cm³/mol. The Kier molecular flexibility index (Phi) is 12.2. The molecule has 0 aliphatic carbocycles. The minimum Gasteiger partial charge on any atom is -0.481 e. The molecule has 0 saturated heterocycles. The number of carbonyl (C=O) groups excluding carboxylic acids is 2. The van der Waals surface area contributed by atoms with Gasteiger partial charge in [-0.2, -0.15) is 0 Å². The summed E-state index contributed by atoms with van der Waals surface area (Å²) in [5.74, 6) is -1.41. The van der Waals surface area contributed by atoms with Crippen molar-refractivity contribution in [3.8, 4) is 0 Å². The Bertz CT molecular complexity index is 366. The van der Waals surface area contributed by atoms with Crippen LogP contribution in [0.3, 0.4) is 0 Å². The van der Waals surface area contributed by atoms with Crippen LogP contribution in [0, 0.1) is 5.92 Å². The van der Waals surface area contributed by atoms with E-state index in [1.165, 1.54) is 14.0 Å². The summed E-state index contributed by atoms with van der Waals surface area (Å²) in [5.41, 5.74) is 0. The van der Waals surface area contributed by atoms with Crippen molar-refractivity contribution in [2.75, 3.05) is 13.7 Å². The number of esters is 1. The number of aliphatic carboxylic acids is 1. The van der Waals surface area contributed by atoms with Gasteiger partial charge in [0.1, 0.15) is 12.4 Å². The molecule has 0 radical (unpaired) electrons. The van der Waals surface area contributed by atoms with Crippen LogP contribution in [0.25, 0.3) is 0 Å². The fourth-order valence-corrected chi connectivity index (χ4v) is 2.17. The second-order valence-corrected chi connectivity index (χ2v) is 5.87. The number of unbranched alkanes of at least 4 members (excludes halogenated alkanes) is 5. The van der Waals surface area contributed by atoms with Crippen LogP contribution in [-0.4, -0.2) is 42.6 Å².